The molecule has 0 aliphatic heterocycles. The van der Waals surface area contributed by atoms with Crippen LogP contribution in [0.25, 0.3) is 10.9 Å². The van der Waals surface area contributed by atoms with Crippen LogP contribution in [0.1, 0.15) is 5.69 Å². The number of hydrogen-bond donors (Lipinski definition) is 1. The molecular weight excluding hydrogens is 280 g/mol. The zero-order valence-corrected chi connectivity index (χ0v) is 12.4. The van der Waals surface area contributed by atoms with E-state index in [1.165, 1.54) is 6.33 Å². The van der Waals surface area contributed by atoms with Gasteiger partial charge in [-0.25, -0.2) is 9.97 Å². The molecule has 0 unspecified atom stereocenters. The van der Waals surface area contributed by atoms with Crippen LogP contribution in [-0.2, 0) is 6.54 Å². The van der Waals surface area contributed by atoms with E-state index in [1.54, 1.807) is 20.4 Å². The highest BCUT2D eigenvalue weighted by atomic mass is 16.5. The first-order valence-corrected chi connectivity index (χ1v) is 6.83. The van der Waals surface area contributed by atoms with Crippen molar-refractivity contribution in [2.45, 2.75) is 6.54 Å². The fourth-order valence-electron chi connectivity index (χ4n) is 2.26. The second kappa shape index (κ2) is 6.26. The quantitative estimate of drug-likeness (QED) is 0.780. The number of pyridine rings is 1. The molecule has 22 heavy (non-hydrogen) atoms. The van der Waals surface area contributed by atoms with Crippen molar-refractivity contribution in [1.29, 1.82) is 0 Å². The minimum absolute atomic E-state index is 0.585. The molecule has 0 bridgehead atoms. The molecule has 0 amide bonds. The summed E-state index contributed by atoms with van der Waals surface area (Å²) in [5.41, 5.74) is 1.65. The first-order valence-electron chi connectivity index (χ1n) is 6.83. The monoisotopic (exact) mass is 296 g/mol. The largest absolute Gasteiger partial charge is 0.493 e. The van der Waals surface area contributed by atoms with Crippen LogP contribution < -0.4 is 14.8 Å². The van der Waals surface area contributed by atoms with Gasteiger partial charge in [0.1, 0.15) is 17.7 Å². The number of aromatic nitrogens is 3. The third kappa shape index (κ3) is 2.63. The van der Waals surface area contributed by atoms with E-state index in [1.807, 2.05) is 30.3 Å². The van der Waals surface area contributed by atoms with Gasteiger partial charge < -0.3 is 14.8 Å². The number of nitrogens with zero attached hydrogens (tertiary/aromatic N) is 3. The predicted molar refractivity (Wildman–Crippen MR) is 84.2 cm³/mol. The molecule has 0 saturated heterocycles. The van der Waals surface area contributed by atoms with Crippen LogP contribution in [0.3, 0.4) is 0 Å². The molecule has 3 aromatic rings. The summed E-state index contributed by atoms with van der Waals surface area (Å²) in [5, 5.41) is 4.15. The van der Waals surface area contributed by atoms with Gasteiger partial charge in [0.15, 0.2) is 11.5 Å². The van der Waals surface area contributed by atoms with Crippen LogP contribution in [0.4, 0.5) is 5.82 Å². The number of benzene rings is 1. The normalized spacial score (nSPS) is 10.5. The van der Waals surface area contributed by atoms with Gasteiger partial charge in [-0.3, -0.25) is 4.98 Å². The third-order valence-corrected chi connectivity index (χ3v) is 3.31. The lowest BCUT2D eigenvalue weighted by Crippen LogP contribution is -2.04. The average molecular weight is 296 g/mol. The number of anilines is 1. The molecule has 0 saturated carbocycles. The maximum Gasteiger partial charge on any atom is 0.187 e. The van der Waals surface area contributed by atoms with Crippen LogP contribution in [0.2, 0.25) is 0 Å². The maximum atomic E-state index is 5.41. The van der Waals surface area contributed by atoms with E-state index in [-0.39, 0.29) is 0 Å². The van der Waals surface area contributed by atoms with Crippen molar-refractivity contribution >= 4 is 16.7 Å². The van der Waals surface area contributed by atoms with Gasteiger partial charge in [-0.05, 0) is 24.3 Å². The van der Waals surface area contributed by atoms with Crippen molar-refractivity contribution in [3.8, 4) is 11.5 Å². The fraction of sp³-hybridized carbons (Fsp3) is 0.188. The maximum absolute atomic E-state index is 5.41. The number of methoxy groups -OCH3 is 2. The lowest BCUT2D eigenvalue weighted by molar-refractivity contribution is 0.358. The minimum atomic E-state index is 0.585. The molecule has 6 nitrogen and oxygen atoms in total. The van der Waals surface area contributed by atoms with Gasteiger partial charge in [-0.2, -0.15) is 0 Å². The lowest BCUT2D eigenvalue weighted by atomic mass is 10.2. The van der Waals surface area contributed by atoms with E-state index >= 15 is 0 Å². The molecule has 6 heteroatoms. The molecule has 0 spiro atoms. The zero-order valence-electron chi connectivity index (χ0n) is 12.4. The van der Waals surface area contributed by atoms with Gasteiger partial charge in [0, 0.05) is 11.6 Å². The number of rotatable bonds is 5. The van der Waals surface area contributed by atoms with Gasteiger partial charge in [0.2, 0.25) is 0 Å². The predicted octanol–water partition coefficient (Wildman–Crippen LogP) is 2.65. The SMILES string of the molecule is COc1ccc2c(NCc3ccccn3)ncnc2c1OC. The smallest absolute Gasteiger partial charge is 0.187 e. The van der Waals surface area contributed by atoms with Crippen LogP contribution in [0, 0.1) is 0 Å². The van der Waals surface area contributed by atoms with Gasteiger partial charge in [0.05, 0.1) is 26.5 Å². The van der Waals surface area contributed by atoms with E-state index in [0.29, 0.717) is 23.6 Å². The van der Waals surface area contributed by atoms with Gasteiger partial charge in [-0.1, -0.05) is 6.07 Å². The van der Waals surface area contributed by atoms with Crippen LogP contribution in [-0.4, -0.2) is 29.2 Å². The van der Waals surface area contributed by atoms with E-state index in [2.05, 4.69) is 20.3 Å². The van der Waals surface area contributed by atoms with Crippen molar-refractivity contribution < 1.29 is 9.47 Å². The Labute approximate surface area is 128 Å². The summed E-state index contributed by atoms with van der Waals surface area (Å²) in [6.07, 6.45) is 3.27. The summed E-state index contributed by atoms with van der Waals surface area (Å²) in [6, 6.07) is 9.56. The van der Waals surface area contributed by atoms with Gasteiger partial charge >= 0.3 is 0 Å². The van der Waals surface area contributed by atoms with E-state index < -0.39 is 0 Å². The second-order valence-electron chi connectivity index (χ2n) is 4.59. The Hall–Kier alpha value is -2.89. The summed E-state index contributed by atoms with van der Waals surface area (Å²) in [4.78, 5) is 12.9. The molecule has 112 valence electrons. The standard InChI is InChI=1S/C16H16N4O2/c1-21-13-7-6-12-14(15(13)22-2)19-10-20-16(12)18-9-11-5-3-4-8-17-11/h3-8,10H,9H2,1-2H3,(H,18,19,20). The lowest BCUT2D eigenvalue weighted by Gasteiger charge is -2.12. The molecule has 2 heterocycles. The number of nitrogens with one attached hydrogen (secondary N) is 1. The second-order valence-corrected chi connectivity index (χ2v) is 4.59. The highest BCUT2D eigenvalue weighted by Crippen LogP contribution is 2.35. The Kier molecular flexibility index (Phi) is 4.00. The number of ether oxygens (including phenoxy) is 2. The van der Waals surface area contributed by atoms with Gasteiger partial charge in [-0.15, -0.1) is 0 Å². The topological polar surface area (TPSA) is 69.2 Å². The zero-order chi connectivity index (χ0) is 15.4. The minimum Gasteiger partial charge on any atom is -0.493 e. The van der Waals surface area contributed by atoms with E-state index in [0.717, 1.165) is 16.9 Å². The molecule has 1 aromatic carbocycles. The molecule has 0 atom stereocenters. The molecule has 2 aromatic heterocycles. The van der Waals surface area contributed by atoms with Crippen molar-refractivity contribution in [3.05, 3.63) is 48.5 Å². The van der Waals surface area contributed by atoms with Crippen LogP contribution in [0.5, 0.6) is 11.5 Å². The Balaban J connectivity index is 1.97. The average Bonchev–Trinajstić information content (AvgIpc) is 2.59. The Morgan fingerprint density at radius 2 is 1.91 bits per heavy atom. The Bertz CT molecular complexity index is 778. The highest BCUT2D eigenvalue weighted by Gasteiger charge is 2.13. The van der Waals surface area contributed by atoms with Crippen molar-refractivity contribution in [2.24, 2.45) is 0 Å². The summed E-state index contributed by atoms with van der Waals surface area (Å²) in [6.45, 7) is 0.585. The first kappa shape index (κ1) is 14.1. The fourth-order valence-corrected chi connectivity index (χ4v) is 2.26. The summed E-state index contributed by atoms with van der Waals surface area (Å²) < 4.78 is 10.7. The molecule has 1 N–H and O–H groups in total. The van der Waals surface area contributed by atoms with Gasteiger partial charge in [0.25, 0.3) is 0 Å². The third-order valence-electron chi connectivity index (χ3n) is 3.31. The summed E-state index contributed by atoms with van der Waals surface area (Å²) in [5.74, 6) is 1.98. The van der Waals surface area contributed by atoms with E-state index in [4.69, 9.17) is 9.47 Å². The van der Waals surface area contributed by atoms with Crippen LogP contribution >= 0.6 is 0 Å². The molecular formula is C16H16N4O2. The van der Waals surface area contributed by atoms with Crippen molar-refractivity contribution in [3.63, 3.8) is 0 Å². The van der Waals surface area contributed by atoms with Crippen LogP contribution in [0.15, 0.2) is 42.9 Å². The molecule has 0 radical (unpaired) electrons. The summed E-state index contributed by atoms with van der Waals surface area (Å²) >= 11 is 0. The van der Waals surface area contributed by atoms with E-state index in [9.17, 15) is 0 Å². The van der Waals surface area contributed by atoms with Crippen molar-refractivity contribution in [2.75, 3.05) is 19.5 Å². The molecule has 0 aliphatic carbocycles. The molecule has 3 rings (SSSR count). The Morgan fingerprint density at radius 1 is 1.00 bits per heavy atom. The summed E-state index contributed by atoms with van der Waals surface area (Å²) in [7, 11) is 3.20. The number of fused-ring (bicyclic) bond motifs is 1. The molecule has 0 aliphatic rings. The molecule has 0 fully saturated rings. The highest BCUT2D eigenvalue weighted by molar-refractivity contribution is 5.94. The Morgan fingerprint density at radius 3 is 2.64 bits per heavy atom. The number of hydrogen-bond acceptors (Lipinski definition) is 6. The first-order chi connectivity index (χ1) is 10.8. The van der Waals surface area contributed by atoms with Crippen molar-refractivity contribution in [1.82, 2.24) is 15.0 Å².